The maximum Gasteiger partial charge on any atom is -0.00261 e. The SMILES string of the molecule is C=C(C(C)C)C(C=CC)CC. The topological polar surface area (TPSA) is 0 Å². The quantitative estimate of drug-likeness (QED) is 0.537. The summed E-state index contributed by atoms with van der Waals surface area (Å²) in [7, 11) is 0. The molecule has 0 aromatic carbocycles. The van der Waals surface area contributed by atoms with Gasteiger partial charge in [-0.05, 0) is 25.2 Å². The highest BCUT2D eigenvalue weighted by Crippen LogP contribution is 2.21. The molecule has 0 nitrogen and oxygen atoms in total. The molecule has 0 fully saturated rings. The fourth-order valence-corrected chi connectivity index (χ4v) is 1.18. The van der Waals surface area contributed by atoms with Crippen LogP contribution in [0.4, 0.5) is 0 Å². The summed E-state index contributed by atoms with van der Waals surface area (Å²) in [6, 6.07) is 0. The van der Waals surface area contributed by atoms with Crippen molar-refractivity contribution >= 4 is 0 Å². The van der Waals surface area contributed by atoms with Crippen molar-refractivity contribution in [3.8, 4) is 0 Å². The predicted octanol–water partition coefficient (Wildman–Crippen LogP) is 3.80. The summed E-state index contributed by atoms with van der Waals surface area (Å²) in [5.41, 5.74) is 1.35. The van der Waals surface area contributed by atoms with E-state index in [1.165, 1.54) is 12.0 Å². The molecule has 1 unspecified atom stereocenters. The molecule has 0 aliphatic rings. The first-order valence-electron chi connectivity index (χ1n) is 4.44. The van der Waals surface area contributed by atoms with Crippen LogP contribution in [0.5, 0.6) is 0 Å². The molecular weight excluding hydrogens is 132 g/mol. The van der Waals surface area contributed by atoms with Crippen molar-refractivity contribution in [2.45, 2.75) is 34.1 Å². The molecule has 0 saturated carbocycles. The van der Waals surface area contributed by atoms with Crippen molar-refractivity contribution in [1.29, 1.82) is 0 Å². The molecule has 0 aromatic rings. The van der Waals surface area contributed by atoms with Crippen LogP contribution in [0, 0.1) is 11.8 Å². The van der Waals surface area contributed by atoms with Gasteiger partial charge in [-0.1, -0.05) is 45.1 Å². The van der Waals surface area contributed by atoms with E-state index >= 15 is 0 Å². The zero-order chi connectivity index (χ0) is 8.85. The van der Waals surface area contributed by atoms with Crippen molar-refractivity contribution < 1.29 is 0 Å². The molecule has 64 valence electrons. The lowest BCUT2D eigenvalue weighted by atomic mass is 9.89. The summed E-state index contributed by atoms with van der Waals surface area (Å²) in [6.45, 7) is 12.8. The second-order valence-electron chi connectivity index (χ2n) is 3.27. The Balaban J connectivity index is 4.14. The fourth-order valence-electron chi connectivity index (χ4n) is 1.18. The van der Waals surface area contributed by atoms with Crippen LogP contribution < -0.4 is 0 Å². The maximum atomic E-state index is 4.09. The summed E-state index contributed by atoms with van der Waals surface area (Å²) in [5.74, 6) is 1.19. The minimum atomic E-state index is 0.583. The highest BCUT2D eigenvalue weighted by molar-refractivity contribution is 5.10. The van der Waals surface area contributed by atoms with Gasteiger partial charge in [-0.15, -0.1) is 0 Å². The van der Waals surface area contributed by atoms with Crippen LogP contribution in [0.1, 0.15) is 34.1 Å². The van der Waals surface area contributed by atoms with Crippen molar-refractivity contribution in [3.63, 3.8) is 0 Å². The third kappa shape index (κ3) is 3.41. The van der Waals surface area contributed by atoms with Crippen LogP contribution in [0.2, 0.25) is 0 Å². The Morgan fingerprint density at radius 1 is 1.45 bits per heavy atom. The van der Waals surface area contributed by atoms with Crippen molar-refractivity contribution in [1.82, 2.24) is 0 Å². The third-order valence-corrected chi connectivity index (χ3v) is 2.08. The van der Waals surface area contributed by atoms with Gasteiger partial charge < -0.3 is 0 Å². The highest BCUT2D eigenvalue weighted by Gasteiger charge is 2.08. The van der Waals surface area contributed by atoms with E-state index in [4.69, 9.17) is 0 Å². The van der Waals surface area contributed by atoms with Gasteiger partial charge >= 0.3 is 0 Å². The summed E-state index contributed by atoms with van der Waals surface area (Å²) in [4.78, 5) is 0. The molecule has 0 aliphatic carbocycles. The summed E-state index contributed by atoms with van der Waals surface area (Å²) in [5, 5.41) is 0. The molecule has 0 heteroatoms. The van der Waals surface area contributed by atoms with Crippen LogP contribution in [-0.2, 0) is 0 Å². The summed E-state index contributed by atoms with van der Waals surface area (Å²) < 4.78 is 0. The third-order valence-electron chi connectivity index (χ3n) is 2.08. The van der Waals surface area contributed by atoms with Gasteiger partial charge in [0.25, 0.3) is 0 Å². The van der Waals surface area contributed by atoms with Gasteiger partial charge in [-0.2, -0.15) is 0 Å². The van der Waals surface area contributed by atoms with Crippen LogP contribution in [0.25, 0.3) is 0 Å². The van der Waals surface area contributed by atoms with Crippen molar-refractivity contribution in [3.05, 3.63) is 24.3 Å². The fraction of sp³-hybridized carbons (Fsp3) is 0.636. The number of allylic oxidation sites excluding steroid dienone is 3. The van der Waals surface area contributed by atoms with Crippen LogP contribution >= 0.6 is 0 Å². The Bertz CT molecular complexity index is 140. The zero-order valence-corrected chi connectivity index (χ0v) is 8.22. The Labute approximate surface area is 71.0 Å². The molecule has 0 amide bonds. The first-order chi connectivity index (χ1) is 5.13. The molecule has 0 saturated heterocycles. The average Bonchev–Trinajstić information content (AvgIpc) is 1.98. The normalized spacial score (nSPS) is 14.3. The molecule has 0 rings (SSSR count). The predicted molar refractivity (Wildman–Crippen MR) is 52.6 cm³/mol. The monoisotopic (exact) mass is 152 g/mol. The Morgan fingerprint density at radius 3 is 2.27 bits per heavy atom. The smallest absolute Gasteiger partial charge is 0.00261 e. The lowest BCUT2D eigenvalue weighted by Gasteiger charge is -2.16. The second-order valence-corrected chi connectivity index (χ2v) is 3.27. The van der Waals surface area contributed by atoms with E-state index in [0.717, 1.165) is 0 Å². The van der Waals surface area contributed by atoms with E-state index in [0.29, 0.717) is 11.8 Å². The van der Waals surface area contributed by atoms with Crippen LogP contribution in [-0.4, -0.2) is 0 Å². The van der Waals surface area contributed by atoms with E-state index in [-0.39, 0.29) is 0 Å². The Kier molecular flexibility index (Phi) is 4.93. The van der Waals surface area contributed by atoms with Gasteiger partial charge in [0.05, 0.1) is 0 Å². The summed E-state index contributed by atoms with van der Waals surface area (Å²) >= 11 is 0. The number of hydrogen-bond acceptors (Lipinski definition) is 0. The molecule has 0 spiro atoms. The minimum Gasteiger partial charge on any atom is -0.0990 e. The maximum absolute atomic E-state index is 4.09. The molecule has 0 heterocycles. The second kappa shape index (κ2) is 5.17. The minimum absolute atomic E-state index is 0.583. The Morgan fingerprint density at radius 2 is 2.00 bits per heavy atom. The summed E-state index contributed by atoms with van der Waals surface area (Å²) in [6.07, 6.45) is 5.52. The largest absolute Gasteiger partial charge is 0.0990 e. The van der Waals surface area contributed by atoms with Gasteiger partial charge in [0, 0.05) is 0 Å². The Hall–Kier alpha value is -0.520. The molecule has 0 aliphatic heterocycles. The van der Waals surface area contributed by atoms with Gasteiger partial charge in [0.1, 0.15) is 0 Å². The lowest BCUT2D eigenvalue weighted by molar-refractivity contribution is 0.616. The molecule has 0 bridgehead atoms. The van der Waals surface area contributed by atoms with E-state index < -0.39 is 0 Å². The number of hydrogen-bond donors (Lipinski definition) is 0. The molecular formula is C11H20. The molecule has 1 atom stereocenters. The van der Waals surface area contributed by atoms with E-state index in [9.17, 15) is 0 Å². The van der Waals surface area contributed by atoms with Crippen molar-refractivity contribution in [2.75, 3.05) is 0 Å². The van der Waals surface area contributed by atoms with Crippen molar-refractivity contribution in [2.24, 2.45) is 11.8 Å². The van der Waals surface area contributed by atoms with Gasteiger partial charge in [-0.25, -0.2) is 0 Å². The van der Waals surface area contributed by atoms with Gasteiger partial charge in [-0.3, -0.25) is 0 Å². The standard InChI is InChI=1S/C11H20/c1-6-8-11(7-2)10(5)9(3)4/h6,8-9,11H,5,7H2,1-4H3. The average molecular weight is 152 g/mol. The van der Waals surface area contributed by atoms with E-state index in [2.05, 4.69) is 46.4 Å². The van der Waals surface area contributed by atoms with E-state index in [1.807, 2.05) is 0 Å². The van der Waals surface area contributed by atoms with Gasteiger partial charge in [0.2, 0.25) is 0 Å². The highest BCUT2D eigenvalue weighted by atomic mass is 14.1. The van der Waals surface area contributed by atoms with Crippen LogP contribution in [0.15, 0.2) is 24.3 Å². The first-order valence-corrected chi connectivity index (χ1v) is 4.44. The zero-order valence-electron chi connectivity index (χ0n) is 8.22. The first kappa shape index (κ1) is 10.5. The van der Waals surface area contributed by atoms with E-state index in [1.54, 1.807) is 0 Å². The molecule has 11 heavy (non-hydrogen) atoms. The number of rotatable bonds is 4. The molecule has 0 aromatic heterocycles. The van der Waals surface area contributed by atoms with Crippen LogP contribution in [0.3, 0.4) is 0 Å². The van der Waals surface area contributed by atoms with Gasteiger partial charge in [0.15, 0.2) is 0 Å². The molecule has 0 radical (unpaired) electrons. The lowest BCUT2D eigenvalue weighted by Crippen LogP contribution is -2.04. The molecule has 0 N–H and O–H groups in total.